The summed E-state index contributed by atoms with van der Waals surface area (Å²) in [5, 5.41) is 0. The van der Waals surface area contributed by atoms with Gasteiger partial charge in [-0.1, -0.05) is 13.2 Å². The Morgan fingerprint density at radius 3 is 1.93 bits per heavy atom. The van der Waals surface area contributed by atoms with Crippen molar-refractivity contribution in [1.29, 1.82) is 0 Å². The van der Waals surface area contributed by atoms with E-state index in [0.29, 0.717) is 5.57 Å². The zero-order valence-corrected chi connectivity index (χ0v) is 9.80. The van der Waals surface area contributed by atoms with E-state index in [9.17, 15) is 4.57 Å². The molecule has 82 valence electrons. The summed E-state index contributed by atoms with van der Waals surface area (Å²) in [7, 11) is -3.49. The van der Waals surface area contributed by atoms with Crippen molar-refractivity contribution < 1.29 is 18.1 Å². The fourth-order valence-corrected chi connectivity index (χ4v) is 1.86. The van der Waals surface area contributed by atoms with Gasteiger partial charge in [0, 0.05) is 0 Å². The summed E-state index contributed by atoms with van der Waals surface area (Å²) >= 11 is 0. The standard InChI is InChI=1S/C9H17O4P/c1-6-11-14(10,12-7-2)13-9(5)8(3)4/h3,5-7H2,1-2,4H3. The molecule has 0 spiro atoms. The van der Waals surface area contributed by atoms with E-state index in [-0.39, 0.29) is 19.0 Å². The number of phosphoric ester groups is 1. The van der Waals surface area contributed by atoms with Gasteiger partial charge in [-0.3, -0.25) is 9.05 Å². The lowest BCUT2D eigenvalue weighted by Gasteiger charge is -2.18. The molecule has 0 unspecified atom stereocenters. The van der Waals surface area contributed by atoms with Gasteiger partial charge in [0.2, 0.25) is 0 Å². The van der Waals surface area contributed by atoms with Crippen molar-refractivity contribution in [3.63, 3.8) is 0 Å². The fraction of sp³-hybridized carbons (Fsp3) is 0.556. The summed E-state index contributed by atoms with van der Waals surface area (Å²) in [4.78, 5) is 0. The van der Waals surface area contributed by atoms with E-state index >= 15 is 0 Å². The minimum atomic E-state index is -3.49. The fourth-order valence-electron chi connectivity index (χ4n) is 0.619. The van der Waals surface area contributed by atoms with E-state index in [0.717, 1.165) is 0 Å². The monoisotopic (exact) mass is 220 g/mol. The van der Waals surface area contributed by atoms with Crippen molar-refractivity contribution in [3.05, 3.63) is 24.5 Å². The van der Waals surface area contributed by atoms with Crippen LogP contribution < -0.4 is 0 Å². The number of hydrogen-bond acceptors (Lipinski definition) is 4. The minimum absolute atomic E-state index is 0.218. The maximum Gasteiger partial charge on any atom is 0.530 e. The SMILES string of the molecule is C=C(C)C(=C)OP(=O)(OCC)OCC. The highest BCUT2D eigenvalue weighted by Crippen LogP contribution is 2.51. The Morgan fingerprint density at radius 1 is 1.21 bits per heavy atom. The second-order valence-corrected chi connectivity index (χ2v) is 4.17. The van der Waals surface area contributed by atoms with Gasteiger partial charge in [0.25, 0.3) is 0 Å². The van der Waals surface area contributed by atoms with Crippen molar-refractivity contribution >= 4 is 7.82 Å². The normalized spacial score (nSPS) is 11.1. The third-order valence-corrected chi connectivity index (χ3v) is 2.87. The van der Waals surface area contributed by atoms with E-state index in [2.05, 4.69) is 13.2 Å². The van der Waals surface area contributed by atoms with Crippen LogP contribution in [0.15, 0.2) is 24.5 Å². The molecule has 0 bridgehead atoms. The van der Waals surface area contributed by atoms with Crippen LogP contribution in [0.4, 0.5) is 0 Å². The van der Waals surface area contributed by atoms with Crippen LogP contribution in [0, 0.1) is 0 Å². The summed E-state index contributed by atoms with van der Waals surface area (Å²) in [6, 6.07) is 0. The second kappa shape index (κ2) is 6.02. The molecule has 0 aromatic carbocycles. The molecule has 0 rings (SSSR count). The first kappa shape index (κ1) is 13.4. The predicted molar refractivity (Wildman–Crippen MR) is 55.9 cm³/mol. The van der Waals surface area contributed by atoms with Crippen molar-refractivity contribution in [2.45, 2.75) is 20.8 Å². The third-order valence-electron chi connectivity index (χ3n) is 1.27. The van der Waals surface area contributed by atoms with Crippen LogP contribution in [-0.2, 0) is 18.1 Å². The first-order valence-corrected chi connectivity index (χ1v) is 5.84. The molecule has 0 saturated heterocycles. The summed E-state index contributed by atoms with van der Waals surface area (Å²) in [5.41, 5.74) is 0.588. The van der Waals surface area contributed by atoms with Crippen molar-refractivity contribution in [2.24, 2.45) is 0 Å². The molecule has 0 fully saturated rings. The first-order valence-electron chi connectivity index (χ1n) is 4.38. The maximum absolute atomic E-state index is 11.8. The molecule has 0 saturated carbocycles. The number of rotatable bonds is 7. The molecule has 0 atom stereocenters. The predicted octanol–water partition coefficient (Wildman–Crippen LogP) is 3.27. The van der Waals surface area contributed by atoms with Gasteiger partial charge < -0.3 is 4.52 Å². The molecular formula is C9H17O4P. The van der Waals surface area contributed by atoms with Gasteiger partial charge in [-0.2, -0.15) is 0 Å². The summed E-state index contributed by atoms with van der Waals surface area (Å²) < 4.78 is 26.6. The smallest absolute Gasteiger partial charge is 0.404 e. The molecule has 0 N–H and O–H groups in total. The molecule has 0 aliphatic rings. The zero-order chi connectivity index (χ0) is 11.2. The van der Waals surface area contributed by atoms with Crippen LogP contribution in [0.2, 0.25) is 0 Å². The average molecular weight is 220 g/mol. The lowest BCUT2D eigenvalue weighted by atomic mass is 10.3. The Bertz CT molecular complexity index is 250. The van der Waals surface area contributed by atoms with E-state index in [1.165, 1.54) is 0 Å². The Hall–Kier alpha value is -0.570. The third kappa shape index (κ3) is 4.61. The van der Waals surface area contributed by atoms with Gasteiger partial charge in [-0.15, -0.1) is 0 Å². The highest BCUT2D eigenvalue weighted by atomic mass is 31.2. The number of phosphoric acid groups is 1. The Morgan fingerprint density at radius 2 is 1.64 bits per heavy atom. The molecule has 0 radical (unpaired) electrons. The average Bonchev–Trinajstić information content (AvgIpc) is 2.04. The molecule has 0 heterocycles. The quantitative estimate of drug-likeness (QED) is 0.375. The molecule has 0 aromatic rings. The van der Waals surface area contributed by atoms with Crippen molar-refractivity contribution in [2.75, 3.05) is 13.2 Å². The number of hydrogen-bond donors (Lipinski definition) is 0. The van der Waals surface area contributed by atoms with Crippen LogP contribution >= 0.6 is 7.82 Å². The van der Waals surface area contributed by atoms with Gasteiger partial charge in [-0.25, -0.2) is 4.57 Å². The van der Waals surface area contributed by atoms with Gasteiger partial charge in [0.15, 0.2) is 0 Å². The molecule has 14 heavy (non-hydrogen) atoms. The highest BCUT2D eigenvalue weighted by Gasteiger charge is 2.27. The molecule has 0 amide bonds. The lowest BCUT2D eigenvalue weighted by molar-refractivity contribution is 0.147. The summed E-state index contributed by atoms with van der Waals surface area (Å²) in [5.74, 6) is 0.218. The summed E-state index contributed by atoms with van der Waals surface area (Å²) in [6.07, 6.45) is 0. The van der Waals surface area contributed by atoms with Gasteiger partial charge in [0.1, 0.15) is 5.76 Å². The Kier molecular flexibility index (Phi) is 5.77. The van der Waals surface area contributed by atoms with Crippen LogP contribution in [0.3, 0.4) is 0 Å². The summed E-state index contributed by atoms with van der Waals surface area (Å²) in [6.45, 7) is 12.8. The zero-order valence-electron chi connectivity index (χ0n) is 8.91. The second-order valence-electron chi connectivity index (χ2n) is 2.58. The molecule has 0 aliphatic carbocycles. The van der Waals surface area contributed by atoms with E-state index in [1.54, 1.807) is 20.8 Å². The molecule has 0 aromatic heterocycles. The van der Waals surface area contributed by atoms with E-state index in [1.807, 2.05) is 0 Å². The van der Waals surface area contributed by atoms with Crippen LogP contribution in [0.5, 0.6) is 0 Å². The van der Waals surface area contributed by atoms with Gasteiger partial charge >= 0.3 is 7.82 Å². The minimum Gasteiger partial charge on any atom is -0.404 e. The maximum atomic E-state index is 11.8. The van der Waals surface area contributed by atoms with Gasteiger partial charge in [0.05, 0.1) is 13.2 Å². The van der Waals surface area contributed by atoms with Gasteiger partial charge in [-0.05, 0) is 26.3 Å². The Balaban J connectivity index is 4.44. The van der Waals surface area contributed by atoms with Crippen LogP contribution in [0.1, 0.15) is 20.8 Å². The van der Waals surface area contributed by atoms with Crippen LogP contribution in [-0.4, -0.2) is 13.2 Å². The molecular weight excluding hydrogens is 203 g/mol. The molecule has 0 aliphatic heterocycles. The molecule has 5 heteroatoms. The largest absolute Gasteiger partial charge is 0.530 e. The molecule has 4 nitrogen and oxygen atoms in total. The Labute approximate surface area is 85.2 Å². The first-order chi connectivity index (χ1) is 6.45. The van der Waals surface area contributed by atoms with E-state index < -0.39 is 7.82 Å². The lowest BCUT2D eigenvalue weighted by Crippen LogP contribution is -2.00. The number of allylic oxidation sites excluding steroid dienone is 1. The topological polar surface area (TPSA) is 44.8 Å². The highest BCUT2D eigenvalue weighted by molar-refractivity contribution is 7.48. The van der Waals surface area contributed by atoms with E-state index in [4.69, 9.17) is 13.6 Å². The van der Waals surface area contributed by atoms with Crippen molar-refractivity contribution in [3.8, 4) is 0 Å². The van der Waals surface area contributed by atoms with Crippen LogP contribution in [0.25, 0.3) is 0 Å². The van der Waals surface area contributed by atoms with Crippen molar-refractivity contribution in [1.82, 2.24) is 0 Å².